The summed E-state index contributed by atoms with van der Waals surface area (Å²) in [6.07, 6.45) is 11.0. The Hall–Kier alpha value is -3.49. The monoisotopic (exact) mass is 450 g/mol. The summed E-state index contributed by atoms with van der Waals surface area (Å²) in [6.45, 7) is 3.70. The third kappa shape index (κ3) is 5.13. The molecule has 2 N–H and O–H groups in total. The lowest BCUT2D eigenvalue weighted by atomic mass is 9.91. The van der Waals surface area contributed by atoms with Crippen LogP contribution < -0.4 is 10.6 Å². The van der Waals surface area contributed by atoms with Gasteiger partial charge in [-0.2, -0.15) is 5.10 Å². The molecule has 1 saturated carbocycles. The van der Waals surface area contributed by atoms with E-state index in [0.29, 0.717) is 17.1 Å². The number of carbonyl (C=O) groups excluding carboxylic acids is 2. The van der Waals surface area contributed by atoms with E-state index in [2.05, 4.69) is 25.9 Å². The summed E-state index contributed by atoms with van der Waals surface area (Å²) < 4.78 is 6.70. The van der Waals surface area contributed by atoms with Crippen LogP contribution in [0.15, 0.2) is 35.3 Å². The fraction of sp³-hybridized carbons (Fsp3) is 0.458. The maximum Gasteiger partial charge on any atom is 0.257 e. The van der Waals surface area contributed by atoms with Crippen LogP contribution in [0.1, 0.15) is 60.1 Å². The Morgan fingerprint density at radius 1 is 1.12 bits per heavy atom. The molecule has 1 fully saturated rings. The Labute approximate surface area is 192 Å². The highest BCUT2D eigenvalue weighted by Crippen LogP contribution is 2.27. The third-order valence-electron chi connectivity index (χ3n) is 6.34. The van der Waals surface area contributed by atoms with Gasteiger partial charge in [-0.25, -0.2) is 4.98 Å². The van der Waals surface area contributed by atoms with Gasteiger partial charge in [0.25, 0.3) is 5.91 Å². The number of nitrogens with one attached hydrogen (secondary N) is 2. The van der Waals surface area contributed by atoms with Crippen LogP contribution in [0.3, 0.4) is 0 Å². The molecule has 3 heterocycles. The molecule has 0 aliphatic heterocycles. The molecule has 9 nitrogen and oxygen atoms in total. The van der Waals surface area contributed by atoms with Gasteiger partial charge >= 0.3 is 0 Å². The number of aryl methyl sites for hydroxylation is 3. The van der Waals surface area contributed by atoms with Crippen molar-refractivity contribution in [1.82, 2.24) is 25.2 Å². The number of hydrogen-bond donors (Lipinski definition) is 2. The van der Waals surface area contributed by atoms with E-state index in [1.807, 2.05) is 26.2 Å². The molecule has 0 spiro atoms. The van der Waals surface area contributed by atoms with Crippen molar-refractivity contribution in [3.8, 4) is 11.3 Å². The van der Waals surface area contributed by atoms with E-state index in [1.165, 1.54) is 6.26 Å². The van der Waals surface area contributed by atoms with Crippen molar-refractivity contribution in [3.63, 3.8) is 0 Å². The molecule has 2 amide bonds. The number of anilines is 1. The van der Waals surface area contributed by atoms with Crippen LogP contribution in [0.25, 0.3) is 11.3 Å². The molecule has 1 aliphatic rings. The number of pyridine rings is 1. The van der Waals surface area contributed by atoms with Crippen molar-refractivity contribution in [2.24, 2.45) is 13.0 Å². The zero-order valence-corrected chi connectivity index (χ0v) is 19.3. The molecule has 0 bridgehead atoms. The second-order valence-electron chi connectivity index (χ2n) is 8.74. The number of rotatable bonds is 6. The Morgan fingerprint density at radius 3 is 2.45 bits per heavy atom. The van der Waals surface area contributed by atoms with Gasteiger partial charge in [0, 0.05) is 18.8 Å². The third-order valence-corrected chi connectivity index (χ3v) is 6.34. The molecule has 174 valence electrons. The molecule has 1 atom stereocenters. The molecule has 3 aromatic rings. The average Bonchev–Trinajstić information content (AvgIpc) is 3.26. The van der Waals surface area contributed by atoms with Crippen LogP contribution >= 0.6 is 0 Å². The van der Waals surface area contributed by atoms with Gasteiger partial charge in [-0.1, -0.05) is 30.8 Å². The molecule has 0 unspecified atom stereocenters. The standard InChI is InChI=1S/C24H30N6O3/c1-15-12-26-30(3)22(15)18-10-11-20(25-13-18)27-24(32)21(17-8-6-4-5-7-9-17)28-23(31)19-14-33-29-16(19)2/h10-14,17,21H,4-9H2,1-3H3,(H,28,31)(H,25,27,32)/t21-/m0/s1. The van der Waals surface area contributed by atoms with Crippen LogP contribution in [-0.2, 0) is 11.8 Å². The van der Waals surface area contributed by atoms with E-state index >= 15 is 0 Å². The molecule has 0 radical (unpaired) electrons. The minimum atomic E-state index is -0.661. The summed E-state index contributed by atoms with van der Waals surface area (Å²) in [7, 11) is 1.88. The van der Waals surface area contributed by atoms with Crippen molar-refractivity contribution in [1.29, 1.82) is 0 Å². The number of amides is 2. The molecule has 33 heavy (non-hydrogen) atoms. The highest BCUT2D eigenvalue weighted by atomic mass is 16.5. The Morgan fingerprint density at radius 2 is 1.88 bits per heavy atom. The topological polar surface area (TPSA) is 115 Å². The first kappa shape index (κ1) is 22.7. The lowest BCUT2D eigenvalue weighted by Gasteiger charge is -2.26. The van der Waals surface area contributed by atoms with Crippen molar-refractivity contribution in [3.05, 3.63) is 47.6 Å². The molecule has 1 aliphatic carbocycles. The number of carbonyl (C=O) groups is 2. The summed E-state index contributed by atoms with van der Waals surface area (Å²) in [5.74, 6) is -0.111. The van der Waals surface area contributed by atoms with Crippen LogP contribution in [0.4, 0.5) is 5.82 Å². The zero-order valence-electron chi connectivity index (χ0n) is 19.3. The van der Waals surface area contributed by atoms with Gasteiger partial charge in [-0.3, -0.25) is 14.3 Å². The van der Waals surface area contributed by atoms with E-state index in [4.69, 9.17) is 4.52 Å². The van der Waals surface area contributed by atoms with Gasteiger partial charge in [0.2, 0.25) is 5.91 Å². The van der Waals surface area contributed by atoms with E-state index in [0.717, 1.165) is 55.3 Å². The minimum absolute atomic E-state index is 0.0629. The SMILES string of the molecule is Cc1cnn(C)c1-c1ccc(NC(=O)[C@@H](NC(=O)c2conc2C)C2CCCCCC2)nc1. The second-order valence-corrected chi connectivity index (χ2v) is 8.74. The Balaban J connectivity index is 1.52. The molecule has 9 heteroatoms. The summed E-state index contributed by atoms with van der Waals surface area (Å²) in [5.41, 5.74) is 3.79. The average molecular weight is 451 g/mol. The number of hydrogen-bond acceptors (Lipinski definition) is 6. The lowest BCUT2D eigenvalue weighted by Crippen LogP contribution is -2.48. The van der Waals surface area contributed by atoms with Gasteiger partial charge in [0.1, 0.15) is 23.7 Å². The molecule has 0 saturated heterocycles. The van der Waals surface area contributed by atoms with Crippen LogP contribution in [0, 0.1) is 19.8 Å². The van der Waals surface area contributed by atoms with Crippen LogP contribution in [0.2, 0.25) is 0 Å². The summed E-state index contributed by atoms with van der Waals surface area (Å²) in [4.78, 5) is 30.6. The lowest BCUT2D eigenvalue weighted by molar-refractivity contribution is -0.119. The summed E-state index contributed by atoms with van der Waals surface area (Å²) in [5, 5.41) is 13.9. The van der Waals surface area contributed by atoms with Crippen LogP contribution in [0.5, 0.6) is 0 Å². The largest absolute Gasteiger partial charge is 0.364 e. The fourth-order valence-electron chi connectivity index (χ4n) is 4.54. The van der Waals surface area contributed by atoms with Crippen molar-refractivity contribution in [2.75, 3.05) is 5.32 Å². The molecular formula is C24H30N6O3. The first-order valence-corrected chi connectivity index (χ1v) is 11.4. The highest BCUT2D eigenvalue weighted by Gasteiger charge is 2.31. The molecular weight excluding hydrogens is 420 g/mol. The van der Waals surface area contributed by atoms with Crippen molar-refractivity contribution in [2.45, 2.75) is 58.4 Å². The summed E-state index contributed by atoms with van der Waals surface area (Å²) in [6, 6.07) is 3.02. The van der Waals surface area contributed by atoms with Gasteiger partial charge in [0.05, 0.1) is 17.6 Å². The molecule has 0 aromatic carbocycles. The maximum absolute atomic E-state index is 13.3. The Kier molecular flexibility index (Phi) is 6.86. The minimum Gasteiger partial charge on any atom is -0.364 e. The van der Waals surface area contributed by atoms with Gasteiger partial charge in [-0.15, -0.1) is 0 Å². The van der Waals surface area contributed by atoms with Gasteiger partial charge < -0.3 is 15.2 Å². The highest BCUT2D eigenvalue weighted by molar-refractivity contribution is 6.01. The number of aromatic nitrogens is 4. The fourth-order valence-corrected chi connectivity index (χ4v) is 4.54. The molecule has 3 aromatic heterocycles. The second kappa shape index (κ2) is 9.97. The van der Waals surface area contributed by atoms with Crippen molar-refractivity contribution < 1.29 is 14.1 Å². The van der Waals surface area contributed by atoms with E-state index < -0.39 is 6.04 Å². The first-order valence-electron chi connectivity index (χ1n) is 11.4. The predicted molar refractivity (Wildman–Crippen MR) is 123 cm³/mol. The van der Waals surface area contributed by atoms with Crippen molar-refractivity contribution >= 4 is 17.6 Å². The normalized spacial score (nSPS) is 15.6. The number of nitrogens with zero attached hydrogens (tertiary/aromatic N) is 4. The molecule has 4 rings (SSSR count). The quantitative estimate of drug-likeness (QED) is 0.552. The van der Waals surface area contributed by atoms with E-state index in [1.54, 1.807) is 23.9 Å². The summed E-state index contributed by atoms with van der Waals surface area (Å²) >= 11 is 0. The van der Waals surface area contributed by atoms with E-state index in [9.17, 15) is 9.59 Å². The smallest absolute Gasteiger partial charge is 0.257 e. The maximum atomic E-state index is 13.3. The predicted octanol–water partition coefficient (Wildman–Crippen LogP) is 3.79. The zero-order chi connectivity index (χ0) is 23.4. The van der Waals surface area contributed by atoms with Gasteiger partial charge in [-0.05, 0) is 50.3 Å². The van der Waals surface area contributed by atoms with Gasteiger partial charge in [0.15, 0.2) is 0 Å². The first-order chi connectivity index (χ1) is 15.9. The Bertz CT molecular complexity index is 1090. The van der Waals surface area contributed by atoms with Crippen LogP contribution in [-0.4, -0.2) is 37.8 Å². The van der Waals surface area contributed by atoms with E-state index in [-0.39, 0.29) is 17.7 Å².